The summed E-state index contributed by atoms with van der Waals surface area (Å²) in [5, 5.41) is 0. The summed E-state index contributed by atoms with van der Waals surface area (Å²) in [6.45, 7) is 6.19. The van der Waals surface area contributed by atoms with Crippen LogP contribution in [0, 0.1) is 6.92 Å². The van der Waals surface area contributed by atoms with Gasteiger partial charge in [0.1, 0.15) is 5.82 Å². The van der Waals surface area contributed by atoms with Crippen molar-refractivity contribution >= 4 is 5.91 Å². The Bertz CT molecular complexity index is 818. The van der Waals surface area contributed by atoms with Crippen LogP contribution in [0.25, 0.3) is 11.4 Å². The second kappa shape index (κ2) is 7.14. The molecule has 7 nitrogen and oxygen atoms in total. The Morgan fingerprint density at radius 1 is 1.40 bits per heavy atom. The molecule has 1 atom stereocenters. The average Bonchev–Trinajstić information content (AvgIpc) is 2.58. The van der Waals surface area contributed by atoms with Crippen molar-refractivity contribution in [3.63, 3.8) is 0 Å². The SMILES string of the molecule is Cc1nc(-c2cccnc2)[nH]c(=O)c1CC(=O)N1CCN(C)C[C@H]1C. The molecule has 25 heavy (non-hydrogen) atoms. The first-order valence-corrected chi connectivity index (χ1v) is 8.44. The molecule has 0 aliphatic carbocycles. The third-order valence-electron chi connectivity index (χ3n) is 4.64. The maximum atomic E-state index is 12.7. The highest BCUT2D eigenvalue weighted by Crippen LogP contribution is 2.14. The number of piperazine rings is 1. The third kappa shape index (κ3) is 3.76. The number of carbonyl (C=O) groups is 1. The first-order chi connectivity index (χ1) is 12.0. The number of nitrogens with one attached hydrogen (secondary N) is 1. The van der Waals surface area contributed by atoms with E-state index >= 15 is 0 Å². The van der Waals surface area contributed by atoms with Crippen molar-refractivity contribution in [2.24, 2.45) is 0 Å². The smallest absolute Gasteiger partial charge is 0.255 e. The predicted molar refractivity (Wildman–Crippen MR) is 95.2 cm³/mol. The van der Waals surface area contributed by atoms with Gasteiger partial charge in [0.05, 0.1) is 6.42 Å². The molecule has 3 rings (SSSR count). The van der Waals surface area contributed by atoms with Crippen molar-refractivity contribution in [2.75, 3.05) is 26.7 Å². The fraction of sp³-hybridized carbons (Fsp3) is 0.444. The maximum Gasteiger partial charge on any atom is 0.255 e. The van der Waals surface area contributed by atoms with Gasteiger partial charge in [0.2, 0.25) is 5.91 Å². The molecule has 0 spiro atoms. The van der Waals surface area contributed by atoms with E-state index < -0.39 is 0 Å². The zero-order chi connectivity index (χ0) is 18.0. The van der Waals surface area contributed by atoms with E-state index in [0.717, 1.165) is 18.7 Å². The van der Waals surface area contributed by atoms with Gasteiger partial charge in [-0.2, -0.15) is 0 Å². The van der Waals surface area contributed by atoms with Gasteiger partial charge in [0.15, 0.2) is 0 Å². The number of nitrogens with zero attached hydrogens (tertiary/aromatic N) is 4. The monoisotopic (exact) mass is 341 g/mol. The molecule has 2 aromatic heterocycles. The number of pyridine rings is 1. The van der Waals surface area contributed by atoms with Crippen LogP contribution in [0.4, 0.5) is 0 Å². The lowest BCUT2D eigenvalue weighted by Crippen LogP contribution is -2.53. The molecule has 1 aliphatic heterocycles. The van der Waals surface area contributed by atoms with E-state index in [2.05, 4.69) is 19.9 Å². The number of aryl methyl sites for hydroxylation is 1. The first-order valence-electron chi connectivity index (χ1n) is 8.44. The Morgan fingerprint density at radius 2 is 2.20 bits per heavy atom. The van der Waals surface area contributed by atoms with E-state index in [1.165, 1.54) is 0 Å². The zero-order valence-electron chi connectivity index (χ0n) is 14.8. The van der Waals surface area contributed by atoms with Crippen LogP contribution in [0.3, 0.4) is 0 Å². The van der Waals surface area contributed by atoms with Crippen LogP contribution in [0.2, 0.25) is 0 Å². The number of H-pyrrole nitrogens is 1. The topological polar surface area (TPSA) is 82.2 Å². The minimum atomic E-state index is -0.263. The molecule has 1 fully saturated rings. The molecule has 3 heterocycles. The summed E-state index contributed by atoms with van der Waals surface area (Å²) in [4.78, 5) is 40.5. The second-order valence-electron chi connectivity index (χ2n) is 6.60. The Morgan fingerprint density at radius 3 is 2.84 bits per heavy atom. The number of carbonyl (C=O) groups excluding carboxylic acids is 1. The van der Waals surface area contributed by atoms with Gasteiger partial charge in [0, 0.05) is 54.9 Å². The van der Waals surface area contributed by atoms with Gasteiger partial charge in [-0.3, -0.25) is 14.6 Å². The van der Waals surface area contributed by atoms with Gasteiger partial charge in [0.25, 0.3) is 5.56 Å². The molecule has 1 N–H and O–H groups in total. The van der Waals surface area contributed by atoms with Crippen LogP contribution >= 0.6 is 0 Å². The first kappa shape index (κ1) is 17.3. The van der Waals surface area contributed by atoms with Crippen molar-refractivity contribution in [3.05, 3.63) is 46.1 Å². The summed E-state index contributed by atoms with van der Waals surface area (Å²) in [5.41, 5.74) is 1.50. The molecule has 0 saturated carbocycles. The molecule has 0 aromatic carbocycles. The van der Waals surface area contributed by atoms with Crippen molar-refractivity contribution in [1.29, 1.82) is 0 Å². The van der Waals surface area contributed by atoms with Gasteiger partial charge in [-0.25, -0.2) is 4.98 Å². The molecule has 1 saturated heterocycles. The molecule has 0 bridgehead atoms. The molecule has 0 radical (unpaired) electrons. The number of amides is 1. The van der Waals surface area contributed by atoms with Crippen molar-refractivity contribution in [1.82, 2.24) is 24.8 Å². The lowest BCUT2D eigenvalue weighted by atomic mass is 10.1. The minimum absolute atomic E-state index is 0.0230. The summed E-state index contributed by atoms with van der Waals surface area (Å²) in [5.74, 6) is 0.449. The Labute approximate surface area is 146 Å². The Hall–Kier alpha value is -2.54. The zero-order valence-corrected chi connectivity index (χ0v) is 14.8. The van der Waals surface area contributed by atoms with Crippen LogP contribution in [-0.4, -0.2) is 63.4 Å². The number of likely N-dealkylation sites (N-methyl/N-ethyl adjacent to an activating group) is 1. The summed E-state index contributed by atoms with van der Waals surface area (Å²) in [6, 6.07) is 3.77. The van der Waals surface area contributed by atoms with E-state index in [0.29, 0.717) is 23.6 Å². The van der Waals surface area contributed by atoms with Crippen LogP contribution in [0.5, 0.6) is 0 Å². The molecule has 1 aliphatic rings. The normalized spacial score (nSPS) is 18.4. The highest BCUT2D eigenvalue weighted by molar-refractivity contribution is 5.79. The fourth-order valence-electron chi connectivity index (χ4n) is 3.22. The van der Waals surface area contributed by atoms with Gasteiger partial charge in [-0.15, -0.1) is 0 Å². The standard InChI is InChI=1S/C18H23N5O2/c1-12-11-22(3)7-8-23(12)16(24)9-15-13(2)20-17(21-18(15)25)14-5-4-6-19-10-14/h4-6,10,12H,7-9,11H2,1-3H3,(H,20,21,25)/t12-/m1/s1. The van der Waals surface area contributed by atoms with Gasteiger partial charge in [-0.05, 0) is 33.0 Å². The molecule has 7 heteroatoms. The van der Waals surface area contributed by atoms with Gasteiger partial charge in [-0.1, -0.05) is 0 Å². The minimum Gasteiger partial charge on any atom is -0.337 e. The highest BCUT2D eigenvalue weighted by Gasteiger charge is 2.26. The van der Waals surface area contributed by atoms with E-state index in [4.69, 9.17) is 0 Å². The van der Waals surface area contributed by atoms with E-state index in [9.17, 15) is 9.59 Å². The number of aromatic nitrogens is 3. The van der Waals surface area contributed by atoms with Gasteiger partial charge < -0.3 is 14.8 Å². The molecular formula is C18H23N5O2. The number of aromatic amines is 1. The van der Waals surface area contributed by atoms with Crippen molar-refractivity contribution in [2.45, 2.75) is 26.3 Å². The third-order valence-corrected chi connectivity index (χ3v) is 4.64. The van der Waals surface area contributed by atoms with Crippen molar-refractivity contribution < 1.29 is 4.79 Å². The molecule has 1 amide bonds. The van der Waals surface area contributed by atoms with Crippen molar-refractivity contribution in [3.8, 4) is 11.4 Å². The molecule has 132 valence electrons. The van der Waals surface area contributed by atoms with Crippen LogP contribution < -0.4 is 5.56 Å². The van der Waals surface area contributed by atoms with E-state index in [-0.39, 0.29) is 23.9 Å². The number of hydrogen-bond acceptors (Lipinski definition) is 5. The summed E-state index contributed by atoms with van der Waals surface area (Å²) < 4.78 is 0. The van der Waals surface area contributed by atoms with Gasteiger partial charge >= 0.3 is 0 Å². The quantitative estimate of drug-likeness (QED) is 0.895. The number of hydrogen-bond donors (Lipinski definition) is 1. The predicted octanol–water partition coefficient (Wildman–Crippen LogP) is 0.845. The van der Waals surface area contributed by atoms with E-state index in [1.54, 1.807) is 25.4 Å². The summed E-state index contributed by atoms with van der Waals surface area (Å²) in [7, 11) is 2.05. The summed E-state index contributed by atoms with van der Waals surface area (Å²) in [6.07, 6.45) is 3.39. The molecule has 2 aromatic rings. The lowest BCUT2D eigenvalue weighted by molar-refractivity contribution is -0.134. The Kier molecular flexibility index (Phi) is 4.94. The largest absolute Gasteiger partial charge is 0.337 e. The van der Waals surface area contributed by atoms with E-state index in [1.807, 2.05) is 24.9 Å². The summed E-state index contributed by atoms with van der Waals surface area (Å²) >= 11 is 0. The lowest BCUT2D eigenvalue weighted by Gasteiger charge is -2.38. The maximum absolute atomic E-state index is 12.7. The van der Waals surface area contributed by atoms with Crippen LogP contribution in [-0.2, 0) is 11.2 Å². The van der Waals surface area contributed by atoms with Crippen LogP contribution in [0.15, 0.2) is 29.3 Å². The second-order valence-corrected chi connectivity index (χ2v) is 6.60. The van der Waals surface area contributed by atoms with Crippen LogP contribution in [0.1, 0.15) is 18.2 Å². The average molecular weight is 341 g/mol. The number of rotatable bonds is 3. The highest BCUT2D eigenvalue weighted by atomic mass is 16.2. The molecular weight excluding hydrogens is 318 g/mol. The molecule has 0 unspecified atom stereocenters. The fourth-order valence-corrected chi connectivity index (χ4v) is 3.22. The Balaban J connectivity index is 1.81.